The molecule has 0 heterocycles. The molecule has 0 aliphatic carbocycles. The Morgan fingerprint density at radius 1 is 0.636 bits per heavy atom. The van der Waals surface area contributed by atoms with E-state index in [2.05, 4.69) is 34.3 Å². The summed E-state index contributed by atoms with van der Waals surface area (Å²) in [6.45, 7) is 0. The highest BCUT2D eigenvalue weighted by Crippen LogP contribution is 2.20. The zero-order valence-electron chi connectivity index (χ0n) is 17.4. The van der Waals surface area contributed by atoms with Crippen LogP contribution in [0.3, 0.4) is 0 Å². The zero-order chi connectivity index (χ0) is 24.0. The van der Waals surface area contributed by atoms with Crippen LogP contribution in [0.25, 0.3) is 0 Å². The molecule has 0 aromatic heterocycles. The van der Waals surface area contributed by atoms with Crippen molar-refractivity contribution < 1.29 is 9.59 Å². The second kappa shape index (κ2) is 9.63. The molecule has 156 valence electrons. The number of amides is 2. The van der Waals surface area contributed by atoms with Gasteiger partial charge in [-0.05, 0) is 54.6 Å². The first kappa shape index (κ1) is 22.3. The van der Waals surface area contributed by atoms with Crippen LogP contribution >= 0.6 is 0 Å². The number of nitrogens with two attached hydrogens (primary N) is 1. The van der Waals surface area contributed by atoms with E-state index in [9.17, 15) is 9.59 Å². The van der Waals surface area contributed by atoms with Crippen molar-refractivity contribution in [2.45, 2.75) is 0 Å². The number of benzene rings is 3. The molecule has 0 atom stereocenters. The monoisotopic (exact) mass is 427 g/mol. The maximum absolute atomic E-state index is 12.7. The van der Waals surface area contributed by atoms with Gasteiger partial charge in [0.2, 0.25) is 0 Å². The Labute approximate surface area is 192 Å². The smallest absolute Gasteiger partial charge is 0.257 e. The summed E-state index contributed by atoms with van der Waals surface area (Å²) in [6, 6.07) is 14.1. The van der Waals surface area contributed by atoms with Crippen molar-refractivity contribution >= 4 is 28.9 Å². The largest absolute Gasteiger partial charge is 0.398 e. The standard InChI is InChI=1S/C28H17N3O2/c1-5-18-11-19(6-2)14-23(13-18)30-27(32)22-9-10-25(26(29)17-22)28(33)31-24-15-20(7-3)12-21(8-4)16-24/h1-4,9-17H,29H2,(H,30,32)(H,31,33). The average molecular weight is 427 g/mol. The molecule has 0 saturated carbocycles. The van der Waals surface area contributed by atoms with Gasteiger partial charge < -0.3 is 16.4 Å². The fourth-order valence-electron chi connectivity index (χ4n) is 3.05. The van der Waals surface area contributed by atoms with E-state index in [0.717, 1.165) is 0 Å². The average Bonchev–Trinajstić information content (AvgIpc) is 2.83. The van der Waals surface area contributed by atoms with Crippen molar-refractivity contribution in [1.29, 1.82) is 0 Å². The summed E-state index contributed by atoms with van der Waals surface area (Å²) in [7, 11) is 0. The Balaban J connectivity index is 1.80. The van der Waals surface area contributed by atoms with E-state index < -0.39 is 11.8 Å². The maximum atomic E-state index is 12.7. The van der Waals surface area contributed by atoms with Crippen LogP contribution in [-0.4, -0.2) is 11.8 Å². The van der Waals surface area contributed by atoms with E-state index >= 15 is 0 Å². The lowest BCUT2D eigenvalue weighted by Gasteiger charge is -2.11. The summed E-state index contributed by atoms with van der Waals surface area (Å²) in [5.41, 5.74) is 9.62. The fraction of sp³-hybridized carbons (Fsp3) is 0. The predicted octanol–water partition coefficient (Wildman–Crippen LogP) is 3.70. The summed E-state index contributed by atoms with van der Waals surface area (Å²) in [5, 5.41) is 5.44. The maximum Gasteiger partial charge on any atom is 0.257 e. The Hall–Kier alpha value is -5.36. The summed E-state index contributed by atoms with van der Waals surface area (Å²) in [4.78, 5) is 25.4. The van der Waals surface area contributed by atoms with Crippen molar-refractivity contribution in [3.8, 4) is 49.4 Å². The number of terminal acetylenes is 4. The van der Waals surface area contributed by atoms with Crippen LogP contribution in [0.1, 0.15) is 43.0 Å². The molecule has 5 nitrogen and oxygen atoms in total. The molecule has 0 unspecified atom stereocenters. The van der Waals surface area contributed by atoms with Crippen LogP contribution in [0.5, 0.6) is 0 Å². The minimum atomic E-state index is -0.475. The lowest BCUT2D eigenvalue weighted by Crippen LogP contribution is -2.16. The first-order valence-electron chi connectivity index (χ1n) is 9.55. The number of carbonyl (C=O) groups is 2. The molecule has 3 rings (SSSR count). The Morgan fingerprint density at radius 2 is 1.06 bits per heavy atom. The molecule has 0 fully saturated rings. The predicted molar refractivity (Wildman–Crippen MR) is 131 cm³/mol. The Bertz CT molecular complexity index is 1390. The molecule has 0 spiro atoms. The van der Waals surface area contributed by atoms with Crippen LogP contribution in [-0.2, 0) is 0 Å². The molecule has 5 heteroatoms. The molecule has 4 N–H and O–H groups in total. The summed E-state index contributed by atoms with van der Waals surface area (Å²) < 4.78 is 0. The first-order chi connectivity index (χ1) is 15.9. The van der Waals surface area contributed by atoms with Crippen LogP contribution in [0, 0.1) is 49.4 Å². The van der Waals surface area contributed by atoms with Crippen LogP contribution in [0.15, 0.2) is 54.6 Å². The van der Waals surface area contributed by atoms with Gasteiger partial charge in [-0.1, -0.05) is 23.7 Å². The molecule has 0 bridgehead atoms. The van der Waals surface area contributed by atoms with E-state index in [-0.39, 0.29) is 16.8 Å². The van der Waals surface area contributed by atoms with Gasteiger partial charge in [-0.3, -0.25) is 9.59 Å². The number of hydrogen-bond acceptors (Lipinski definition) is 3. The van der Waals surface area contributed by atoms with Gasteiger partial charge in [-0.25, -0.2) is 0 Å². The number of anilines is 3. The van der Waals surface area contributed by atoms with Crippen molar-refractivity contribution in [2.75, 3.05) is 16.4 Å². The van der Waals surface area contributed by atoms with Crippen LogP contribution < -0.4 is 16.4 Å². The van der Waals surface area contributed by atoms with E-state index in [1.807, 2.05) is 0 Å². The van der Waals surface area contributed by atoms with Crippen molar-refractivity contribution in [2.24, 2.45) is 0 Å². The van der Waals surface area contributed by atoms with Crippen LogP contribution in [0.4, 0.5) is 17.1 Å². The van der Waals surface area contributed by atoms with E-state index in [1.54, 1.807) is 36.4 Å². The zero-order valence-corrected chi connectivity index (χ0v) is 17.4. The minimum absolute atomic E-state index is 0.118. The van der Waals surface area contributed by atoms with Crippen LogP contribution in [0.2, 0.25) is 0 Å². The first-order valence-corrected chi connectivity index (χ1v) is 9.55. The van der Waals surface area contributed by atoms with Crippen molar-refractivity contribution in [3.63, 3.8) is 0 Å². The summed E-state index contributed by atoms with van der Waals surface area (Å²) >= 11 is 0. The van der Waals surface area contributed by atoms with Gasteiger partial charge in [0.05, 0.1) is 5.56 Å². The normalized spacial score (nSPS) is 9.45. The molecular formula is C28H17N3O2. The van der Waals surface area contributed by atoms with E-state index in [0.29, 0.717) is 33.6 Å². The Kier molecular flexibility index (Phi) is 6.52. The van der Waals surface area contributed by atoms with Gasteiger partial charge in [0, 0.05) is 44.9 Å². The van der Waals surface area contributed by atoms with Crippen molar-refractivity contribution in [3.05, 3.63) is 88.0 Å². The highest BCUT2D eigenvalue weighted by molar-refractivity contribution is 6.10. The number of nitrogens with one attached hydrogen (secondary N) is 2. The fourth-order valence-corrected chi connectivity index (χ4v) is 3.05. The second-order valence-corrected chi connectivity index (χ2v) is 6.89. The van der Waals surface area contributed by atoms with Gasteiger partial charge in [-0.2, -0.15) is 0 Å². The van der Waals surface area contributed by atoms with E-state index in [1.165, 1.54) is 18.2 Å². The molecule has 2 amide bonds. The number of hydrogen-bond donors (Lipinski definition) is 3. The molecule has 33 heavy (non-hydrogen) atoms. The van der Waals surface area contributed by atoms with Gasteiger partial charge in [0.15, 0.2) is 0 Å². The molecule has 3 aromatic rings. The van der Waals surface area contributed by atoms with Crippen molar-refractivity contribution in [1.82, 2.24) is 0 Å². The molecule has 0 radical (unpaired) electrons. The lowest BCUT2D eigenvalue weighted by molar-refractivity contribution is 0.101. The molecule has 3 aromatic carbocycles. The third kappa shape index (κ3) is 5.22. The van der Waals surface area contributed by atoms with Gasteiger partial charge >= 0.3 is 0 Å². The third-order valence-electron chi connectivity index (χ3n) is 4.61. The molecule has 0 aliphatic heterocycles. The van der Waals surface area contributed by atoms with Gasteiger partial charge in [-0.15, -0.1) is 25.7 Å². The summed E-state index contributed by atoms with van der Waals surface area (Å²) in [5.74, 6) is 9.02. The number of carbonyl (C=O) groups excluding carboxylic acids is 2. The SMILES string of the molecule is C#Cc1cc(C#C)cc(NC(=O)c2ccc(C(=O)Nc3cc(C#C)cc(C#C)c3)c(N)c2)c1. The topological polar surface area (TPSA) is 84.2 Å². The Morgan fingerprint density at radius 3 is 1.45 bits per heavy atom. The lowest BCUT2D eigenvalue weighted by atomic mass is 10.1. The third-order valence-corrected chi connectivity index (χ3v) is 4.61. The highest BCUT2D eigenvalue weighted by atomic mass is 16.2. The summed E-state index contributed by atoms with van der Waals surface area (Å²) in [6.07, 6.45) is 21.7. The second-order valence-electron chi connectivity index (χ2n) is 6.89. The highest BCUT2D eigenvalue weighted by Gasteiger charge is 2.15. The van der Waals surface area contributed by atoms with Gasteiger partial charge in [0.25, 0.3) is 11.8 Å². The minimum Gasteiger partial charge on any atom is -0.398 e. The number of rotatable bonds is 4. The molecular weight excluding hydrogens is 410 g/mol. The van der Waals surface area contributed by atoms with E-state index in [4.69, 9.17) is 31.4 Å². The molecule has 0 aliphatic rings. The quantitative estimate of drug-likeness (QED) is 0.439. The number of nitrogen functional groups attached to an aromatic ring is 1. The molecule has 0 saturated heterocycles. The van der Waals surface area contributed by atoms with Gasteiger partial charge in [0.1, 0.15) is 0 Å².